The van der Waals surface area contributed by atoms with E-state index in [-0.39, 0.29) is 0 Å². The minimum Gasteiger partial charge on any atom is -0.167 e. The summed E-state index contributed by atoms with van der Waals surface area (Å²) in [4.78, 5) is 0. The molecular weight excluding hydrogens is 268 g/mol. The Labute approximate surface area is 123 Å². The number of rotatable bonds is 1. The first-order chi connectivity index (χ1) is 8.59. The van der Waals surface area contributed by atoms with Crippen LogP contribution in [-0.2, 0) is 0 Å². The molecule has 1 aliphatic rings. The van der Waals surface area contributed by atoms with Gasteiger partial charge in [0, 0.05) is 5.54 Å². The highest BCUT2D eigenvalue weighted by Gasteiger charge is 2.41. The highest BCUT2D eigenvalue weighted by atomic mass is 35.6. The predicted molar refractivity (Wildman–Crippen MR) is 89.7 cm³/mol. The first kappa shape index (κ1) is 14.9. The summed E-state index contributed by atoms with van der Waals surface area (Å²) >= 11 is 6.85. The van der Waals surface area contributed by atoms with Crippen molar-refractivity contribution >= 4 is 24.0 Å². The van der Waals surface area contributed by atoms with Crippen molar-refractivity contribution < 1.29 is 0 Å². The molecule has 0 aromatic heterocycles. The predicted octanol–water partition coefficient (Wildman–Crippen LogP) is 5.79. The van der Waals surface area contributed by atoms with Gasteiger partial charge in [-0.2, -0.15) is 11.1 Å². The maximum absolute atomic E-state index is 6.85. The second kappa shape index (κ2) is 4.49. The Morgan fingerprint density at radius 3 is 1.74 bits per heavy atom. The van der Waals surface area contributed by atoms with E-state index in [0.717, 1.165) is 0 Å². The van der Waals surface area contributed by atoms with Gasteiger partial charge in [0.2, 0.25) is 0 Å². The van der Waals surface area contributed by atoms with E-state index in [2.05, 4.69) is 54.6 Å². The summed E-state index contributed by atoms with van der Waals surface area (Å²) in [5, 5.41) is 0. The topological polar surface area (TPSA) is 0 Å². The first-order valence-electron chi connectivity index (χ1n) is 7.06. The average molecular weight is 293 g/mol. The van der Waals surface area contributed by atoms with Gasteiger partial charge in [0.25, 0.3) is 0 Å². The molecule has 19 heavy (non-hydrogen) atoms. The minimum atomic E-state index is -1.76. The molecule has 2 heteroatoms. The molecule has 0 saturated carbocycles. The normalized spacial score (nSPS) is 19.1. The summed E-state index contributed by atoms with van der Waals surface area (Å²) < 4.78 is 0. The van der Waals surface area contributed by atoms with Crippen LogP contribution in [-0.4, -0.2) is 7.38 Å². The van der Waals surface area contributed by atoms with E-state index >= 15 is 0 Å². The second-order valence-corrected chi connectivity index (χ2v) is 13.2. The highest BCUT2D eigenvalue weighted by molar-refractivity contribution is 7.20. The third-order valence-corrected chi connectivity index (χ3v) is 7.86. The van der Waals surface area contributed by atoms with Crippen LogP contribution in [0.1, 0.15) is 52.8 Å². The smallest absolute Gasteiger partial charge is 0.161 e. The monoisotopic (exact) mass is 292 g/mol. The second-order valence-electron chi connectivity index (χ2n) is 6.59. The number of fused-ring (bicyclic) bond motifs is 1. The largest absolute Gasteiger partial charge is 0.167 e. The molecule has 0 N–H and O–H groups in total. The molecule has 1 unspecified atom stereocenters. The Morgan fingerprint density at radius 2 is 1.26 bits per heavy atom. The summed E-state index contributed by atoms with van der Waals surface area (Å²) in [6.07, 6.45) is 0. The van der Waals surface area contributed by atoms with E-state index in [9.17, 15) is 0 Å². The summed E-state index contributed by atoms with van der Waals surface area (Å²) in [6, 6.07) is 0. The molecule has 1 aromatic rings. The van der Waals surface area contributed by atoms with Gasteiger partial charge >= 0.3 is 0 Å². The maximum Gasteiger partial charge on any atom is 0.161 e. The zero-order chi connectivity index (χ0) is 14.7. The standard InChI is InChI=1S/C17H25ClSi/c1-9-10(2)12(4)16-15(11(9)3)13(5)14(6)17(16)19(7,8)18/h17H,1-8H3. The molecular formula is C17H25ClSi. The molecule has 1 atom stereocenters. The molecule has 0 saturated heterocycles. The van der Waals surface area contributed by atoms with Crippen molar-refractivity contribution in [2.75, 3.05) is 0 Å². The van der Waals surface area contributed by atoms with E-state index in [0.29, 0.717) is 5.54 Å². The van der Waals surface area contributed by atoms with Gasteiger partial charge in [-0.05, 0) is 80.5 Å². The van der Waals surface area contributed by atoms with E-state index in [1.807, 2.05) is 0 Å². The number of hydrogen-bond acceptors (Lipinski definition) is 0. The van der Waals surface area contributed by atoms with Gasteiger partial charge in [-0.3, -0.25) is 0 Å². The van der Waals surface area contributed by atoms with Crippen molar-refractivity contribution in [1.29, 1.82) is 0 Å². The third kappa shape index (κ3) is 2.02. The van der Waals surface area contributed by atoms with Crippen molar-refractivity contribution in [2.24, 2.45) is 0 Å². The van der Waals surface area contributed by atoms with Gasteiger partial charge in [0.05, 0.1) is 0 Å². The molecule has 0 amide bonds. The lowest BCUT2D eigenvalue weighted by Crippen LogP contribution is -2.29. The average Bonchev–Trinajstić information content (AvgIpc) is 2.57. The fourth-order valence-electron chi connectivity index (χ4n) is 3.67. The summed E-state index contributed by atoms with van der Waals surface area (Å²) in [5.74, 6) is 0. The quantitative estimate of drug-likeness (QED) is 0.454. The van der Waals surface area contributed by atoms with Gasteiger partial charge in [0.15, 0.2) is 7.38 Å². The number of halogens is 1. The van der Waals surface area contributed by atoms with Crippen LogP contribution in [0.2, 0.25) is 13.1 Å². The Hall–Kier alpha value is -0.533. The zero-order valence-corrected chi connectivity index (χ0v) is 15.2. The van der Waals surface area contributed by atoms with Crippen LogP contribution in [0.25, 0.3) is 5.57 Å². The Kier molecular flexibility index (Phi) is 3.52. The fraction of sp³-hybridized carbons (Fsp3) is 0.529. The van der Waals surface area contributed by atoms with Gasteiger partial charge in [-0.25, -0.2) is 0 Å². The molecule has 0 nitrogen and oxygen atoms in total. The molecule has 0 heterocycles. The molecule has 0 bridgehead atoms. The molecule has 0 aliphatic heterocycles. The Bertz CT molecular complexity index is 589. The number of benzene rings is 1. The molecule has 0 fully saturated rings. The van der Waals surface area contributed by atoms with E-state index < -0.39 is 7.38 Å². The van der Waals surface area contributed by atoms with Gasteiger partial charge < -0.3 is 0 Å². The van der Waals surface area contributed by atoms with E-state index in [4.69, 9.17) is 11.1 Å². The highest BCUT2D eigenvalue weighted by Crippen LogP contribution is 2.51. The Morgan fingerprint density at radius 1 is 0.789 bits per heavy atom. The van der Waals surface area contributed by atoms with Gasteiger partial charge in [-0.1, -0.05) is 18.7 Å². The molecule has 2 rings (SSSR count). The van der Waals surface area contributed by atoms with Crippen molar-refractivity contribution in [2.45, 2.75) is 60.2 Å². The van der Waals surface area contributed by atoms with Crippen LogP contribution in [0.5, 0.6) is 0 Å². The molecule has 0 radical (unpaired) electrons. The van der Waals surface area contributed by atoms with Crippen molar-refractivity contribution in [3.63, 3.8) is 0 Å². The molecule has 0 spiro atoms. The van der Waals surface area contributed by atoms with E-state index in [1.165, 1.54) is 44.5 Å². The summed E-state index contributed by atoms with van der Waals surface area (Å²) in [6.45, 7) is 18.1. The van der Waals surface area contributed by atoms with Crippen molar-refractivity contribution in [3.8, 4) is 0 Å². The molecule has 104 valence electrons. The lowest BCUT2D eigenvalue weighted by Gasteiger charge is -2.28. The first-order valence-corrected chi connectivity index (χ1v) is 11.1. The van der Waals surface area contributed by atoms with Crippen LogP contribution in [0.3, 0.4) is 0 Å². The van der Waals surface area contributed by atoms with Gasteiger partial charge in [-0.15, -0.1) is 0 Å². The van der Waals surface area contributed by atoms with Crippen LogP contribution >= 0.6 is 11.1 Å². The van der Waals surface area contributed by atoms with Gasteiger partial charge in [0.1, 0.15) is 0 Å². The minimum absolute atomic E-state index is 0.474. The fourth-order valence-corrected chi connectivity index (χ4v) is 6.79. The lowest BCUT2D eigenvalue weighted by atomic mass is 9.88. The number of hydrogen-bond donors (Lipinski definition) is 0. The number of allylic oxidation sites excluding steroid dienone is 2. The summed E-state index contributed by atoms with van der Waals surface area (Å²) in [5.41, 5.74) is 12.3. The molecule has 1 aromatic carbocycles. The van der Waals surface area contributed by atoms with Crippen LogP contribution in [0, 0.1) is 27.7 Å². The third-order valence-electron chi connectivity index (χ3n) is 5.11. The van der Waals surface area contributed by atoms with E-state index in [1.54, 1.807) is 0 Å². The van der Waals surface area contributed by atoms with Crippen molar-refractivity contribution in [1.82, 2.24) is 0 Å². The summed E-state index contributed by atoms with van der Waals surface area (Å²) in [7, 11) is -1.76. The lowest BCUT2D eigenvalue weighted by molar-refractivity contribution is 1.05. The van der Waals surface area contributed by atoms with Crippen molar-refractivity contribution in [3.05, 3.63) is 39.0 Å². The van der Waals surface area contributed by atoms with Crippen LogP contribution in [0.4, 0.5) is 0 Å². The van der Waals surface area contributed by atoms with Crippen LogP contribution < -0.4 is 0 Å². The zero-order valence-electron chi connectivity index (χ0n) is 13.5. The van der Waals surface area contributed by atoms with Crippen LogP contribution in [0.15, 0.2) is 5.57 Å². The Balaban J connectivity index is 2.88. The molecule has 1 aliphatic carbocycles. The maximum atomic E-state index is 6.85. The SMILES string of the molecule is CC1=C(C)C([Si](C)(C)Cl)c2c(C)c(C)c(C)c(C)c21.